The lowest BCUT2D eigenvalue weighted by molar-refractivity contribution is -0.247. The molecule has 6 aliphatic rings. The van der Waals surface area contributed by atoms with Crippen LogP contribution in [0.5, 0.6) is 17.2 Å². The number of carbonyl (C=O) groups excluding carboxylic acids is 3. The summed E-state index contributed by atoms with van der Waals surface area (Å²) in [5.74, 6) is -1.67. The number of hydrogen-bond donors (Lipinski definition) is 9. The van der Waals surface area contributed by atoms with E-state index in [-0.39, 0.29) is 34.4 Å². The zero-order valence-electron chi connectivity index (χ0n) is 40.9. The summed E-state index contributed by atoms with van der Waals surface area (Å²) in [5.41, 5.74) is 5.54. The third-order valence-corrected chi connectivity index (χ3v) is 16.2. The minimum atomic E-state index is -2.24. The van der Waals surface area contributed by atoms with Gasteiger partial charge in [0.1, 0.15) is 29.5 Å². The van der Waals surface area contributed by atoms with Gasteiger partial charge in [0, 0.05) is 48.4 Å². The number of phenolic OH excluding ortho intramolecular Hbond substituents is 2. The van der Waals surface area contributed by atoms with Gasteiger partial charge in [-0.05, 0) is 106 Å². The number of ether oxygens (including phenoxy) is 3. The van der Waals surface area contributed by atoms with E-state index in [9.17, 15) is 55.2 Å². The highest BCUT2D eigenvalue weighted by molar-refractivity contribution is 6.31. The second-order valence-corrected chi connectivity index (χ2v) is 21.5. The first kappa shape index (κ1) is 52.5. The molecule has 378 valence electrons. The van der Waals surface area contributed by atoms with E-state index in [0.717, 1.165) is 29.9 Å². The first-order chi connectivity index (χ1) is 32.4. The number of methoxy groups -OCH3 is 1. The standard InChI is InChI=1S/C27H29NO11.C27H44O3/c1-10-22(31)13(28)6-17(38-10)39-15-8-27(36,16(30)9-29)7-12-19(15)26(35)21-20(24(12)33)23(32)11-4-3-5-14(37-2)18(11)25(21)34;1-18(8-6-14-26(3,4)30)23-12-13-24-20(9-7-15-27(23,24)5)10-11-21-16-22(28)17-25(29)19(21)2/h3-5,10,13,15,17,22,29,31,33,35-36H,6-9,28H2,1-2H3;10-11,18,22-25,28-30H,2,6-9,12-17H2,1,3-5H3/b;20-10+,21-11-/t10-,13-,15-,17-,22+,27-;18-,22-,23-,24+,25+,27-/m01/s1. The lowest BCUT2D eigenvalue weighted by Gasteiger charge is -2.44. The number of benzene rings is 2. The second-order valence-electron chi connectivity index (χ2n) is 21.5. The molecule has 0 unspecified atom stereocenters. The van der Waals surface area contributed by atoms with Crippen LogP contribution < -0.4 is 10.5 Å². The van der Waals surface area contributed by atoms with Crippen molar-refractivity contribution in [3.8, 4) is 17.2 Å². The van der Waals surface area contributed by atoms with Crippen LogP contribution in [0, 0.1) is 23.2 Å². The fraction of sp³-hybridized carbons (Fsp3) is 0.611. The lowest BCUT2D eigenvalue weighted by atomic mass is 9.60. The van der Waals surface area contributed by atoms with Gasteiger partial charge >= 0.3 is 0 Å². The Morgan fingerprint density at radius 1 is 1.06 bits per heavy atom. The Kier molecular flexibility index (Phi) is 15.6. The number of rotatable bonds is 11. The maximum Gasteiger partial charge on any atom is 0.202 e. The number of aliphatic hydroxyl groups excluding tert-OH is 4. The second kappa shape index (κ2) is 20.4. The van der Waals surface area contributed by atoms with Crippen molar-refractivity contribution in [2.24, 2.45) is 28.9 Å². The molecule has 10 N–H and O–H groups in total. The molecular weight excluding hydrogens is 887 g/mol. The minimum absolute atomic E-state index is 0.0173. The van der Waals surface area contributed by atoms with Gasteiger partial charge in [0.05, 0.1) is 59.9 Å². The van der Waals surface area contributed by atoms with Crippen LogP contribution in [0.2, 0.25) is 0 Å². The van der Waals surface area contributed by atoms with Crippen molar-refractivity contribution in [2.45, 2.75) is 172 Å². The third kappa shape index (κ3) is 10.3. The lowest BCUT2D eigenvalue weighted by Crippen LogP contribution is -2.53. The van der Waals surface area contributed by atoms with Gasteiger partial charge in [-0.1, -0.05) is 63.1 Å². The smallest absolute Gasteiger partial charge is 0.202 e. The number of aliphatic hydroxyl groups is 6. The number of fused-ring (bicyclic) bond motifs is 4. The fourth-order valence-corrected chi connectivity index (χ4v) is 12.5. The van der Waals surface area contributed by atoms with Gasteiger partial charge < -0.3 is 60.8 Å². The molecule has 2 aromatic carbocycles. The van der Waals surface area contributed by atoms with E-state index in [4.69, 9.17) is 19.9 Å². The Morgan fingerprint density at radius 3 is 2.43 bits per heavy atom. The van der Waals surface area contributed by atoms with Crippen molar-refractivity contribution in [3.63, 3.8) is 0 Å². The highest BCUT2D eigenvalue weighted by Crippen LogP contribution is 2.60. The Morgan fingerprint density at radius 2 is 1.77 bits per heavy atom. The Labute approximate surface area is 404 Å². The van der Waals surface area contributed by atoms with Gasteiger partial charge in [-0.25, -0.2) is 0 Å². The predicted molar refractivity (Wildman–Crippen MR) is 256 cm³/mol. The van der Waals surface area contributed by atoms with Crippen molar-refractivity contribution in [3.05, 3.63) is 87.0 Å². The molecular formula is C54H73NO14. The topological polar surface area (TPSA) is 267 Å². The molecule has 2 aromatic rings. The monoisotopic (exact) mass is 960 g/mol. The SMILES string of the molecule is C=C1/C(=C\C=C2/CCC[C@]3(C)[C@@H]([C@H](C)CCCC(C)(C)O)CC[C@@H]23)C[C@@H](O)C[C@@H]1O.COc1cccc2c1C(=O)c1c(O)c3c(c(O)c1C2=O)C[C@@](O)(C(=O)CO)C[C@@H]3O[C@H]1C[C@H](N)[C@H](O)[C@H](C)O1. The molecule has 1 heterocycles. The van der Waals surface area contributed by atoms with E-state index < -0.39 is 113 Å². The number of ketones is 3. The molecule has 0 bridgehead atoms. The Balaban J connectivity index is 0.000000211. The zero-order chi connectivity index (χ0) is 50.5. The maximum absolute atomic E-state index is 13.6. The van der Waals surface area contributed by atoms with Gasteiger partial charge in [0.2, 0.25) is 5.78 Å². The molecule has 5 aliphatic carbocycles. The van der Waals surface area contributed by atoms with Crippen molar-refractivity contribution < 1.29 is 69.4 Å². The summed E-state index contributed by atoms with van der Waals surface area (Å²) in [4.78, 5) is 39.7. The number of carbonyl (C=O) groups is 3. The number of phenols is 2. The molecule has 0 amide bonds. The van der Waals surface area contributed by atoms with Crippen molar-refractivity contribution in [1.29, 1.82) is 0 Å². The highest BCUT2D eigenvalue weighted by atomic mass is 16.7. The van der Waals surface area contributed by atoms with Gasteiger partial charge in [0.25, 0.3) is 0 Å². The fourth-order valence-electron chi connectivity index (χ4n) is 12.5. The molecule has 12 atom stereocenters. The first-order valence-corrected chi connectivity index (χ1v) is 24.6. The normalized spacial score (nSPS) is 33.8. The van der Waals surface area contributed by atoms with E-state index in [0.29, 0.717) is 30.1 Å². The molecule has 1 aliphatic heterocycles. The van der Waals surface area contributed by atoms with Crippen LogP contribution in [-0.2, 0) is 20.7 Å². The molecule has 8 rings (SSSR count). The number of nitrogens with two attached hydrogens (primary N) is 1. The van der Waals surface area contributed by atoms with Gasteiger partial charge in [-0.15, -0.1) is 0 Å². The summed E-state index contributed by atoms with van der Waals surface area (Å²) in [6, 6.07) is 3.64. The quantitative estimate of drug-likeness (QED) is 0.104. The van der Waals surface area contributed by atoms with E-state index in [2.05, 4.69) is 32.6 Å². The number of Topliss-reactive ketones (excluding diaryl/α,β-unsaturated/α-hetero) is 1. The number of aromatic hydroxyl groups is 2. The molecule has 0 aromatic heterocycles. The molecule has 69 heavy (non-hydrogen) atoms. The van der Waals surface area contributed by atoms with E-state index >= 15 is 0 Å². The minimum Gasteiger partial charge on any atom is -0.507 e. The predicted octanol–water partition coefficient (Wildman–Crippen LogP) is 5.71. The van der Waals surface area contributed by atoms with Crippen LogP contribution in [0.15, 0.2) is 53.6 Å². The highest BCUT2D eigenvalue weighted by Gasteiger charge is 2.52. The van der Waals surface area contributed by atoms with E-state index in [1.807, 2.05) is 13.8 Å². The van der Waals surface area contributed by atoms with E-state index in [1.165, 1.54) is 63.8 Å². The Hall–Kier alpha value is -4.29. The average molecular weight is 960 g/mol. The first-order valence-electron chi connectivity index (χ1n) is 24.6. The molecule has 0 radical (unpaired) electrons. The summed E-state index contributed by atoms with van der Waals surface area (Å²) in [7, 11) is 1.32. The zero-order valence-corrected chi connectivity index (χ0v) is 40.9. The van der Waals surface area contributed by atoms with E-state index in [1.54, 1.807) is 12.5 Å². The molecule has 15 nitrogen and oxygen atoms in total. The van der Waals surface area contributed by atoms with Crippen LogP contribution in [0.25, 0.3) is 0 Å². The molecule has 0 spiro atoms. The van der Waals surface area contributed by atoms with Crippen LogP contribution in [0.3, 0.4) is 0 Å². The summed E-state index contributed by atoms with van der Waals surface area (Å²) in [6.45, 7) is 13.4. The summed E-state index contributed by atoms with van der Waals surface area (Å²) < 4.78 is 17.0. The molecule has 1 saturated heterocycles. The molecule has 4 fully saturated rings. The van der Waals surface area contributed by atoms with Crippen LogP contribution in [-0.4, -0.2) is 120 Å². The molecule has 15 heteroatoms. The third-order valence-electron chi connectivity index (χ3n) is 16.2. The van der Waals surface area contributed by atoms with Crippen molar-refractivity contribution in [2.75, 3.05) is 13.7 Å². The van der Waals surface area contributed by atoms with Crippen LogP contribution in [0.4, 0.5) is 0 Å². The number of hydrogen-bond acceptors (Lipinski definition) is 15. The largest absolute Gasteiger partial charge is 0.507 e. The summed E-state index contributed by atoms with van der Waals surface area (Å²) in [6.07, 6.45) is 8.74. The maximum atomic E-state index is 13.6. The summed E-state index contributed by atoms with van der Waals surface area (Å²) in [5, 5.41) is 83.9. The molecule has 3 saturated carbocycles. The van der Waals surface area contributed by atoms with Crippen LogP contribution >= 0.6 is 0 Å². The average Bonchev–Trinajstić information content (AvgIpc) is 3.65. The van der Waals surface area contributed by atoms with Gasteiger partial charge in [-0.2, -0.15) is 0 Å². The van der Waals surface area contributed by atoms with Crippen LogP contribution in [0.1, 0.15) is 161 Å². The Bertz CT molecular complexity index is 2370. The summed E-state index contributed by atoms with van der Waals surface area (Å²) >= 11 is 0. The van der Waals surface area contributed by atoms with Gasteiger partial charge in [0.15, 0.2) is 17.9 Å². The van der Waals surface area contributed by atoms with Gasteiger partial charge in [-0.3, -0.25) is 14.4 Å². The number of allylic oxidation sites excluding steroid dienone is 3. The van der Waals surface area contributed by atoms with Crippen molar-refractivity contribution in [1.82, 2.24) is 0 Å². The van der Waals surface area contributed by atoms with Crippen molar-refractivity contribution >= 4 is 17.3 Å².